The van der Waals surface area contributed by atoms with Gasteiger partial charge in [-0.3, -0.25) is 9.59 Å². The summed E-state index contributed by atoms with van der Waals surface area (Å²) >= 11 is 0. The number of fused-ring (bicyclic) bond motifs is 1. The van der Waals surface area contributed by atoms with E-state index in [2.05, 4.69) is 6.92 Å². The predicted octanol–water partition coefficient (Wildman–Crippen LogP) is 3.00. The second-order valence-corrected chi connectivity index (χ2v) is 6.32. The lowest BCUT2D eigenvalue weighted by Gasteiger charge is -2.35. The molecule has 0 saturated carbocycles. The fourth-order valence-electron chi connectivity index (χ4n) is 3.72. The van der Waals surface area contributed by atoms with Crippen molar-refractivity contribution in [2.75, 3.05) is 18.0 Å². The van der Waals surface area contributed by atoms with Crippen LogP contribution in [0.3, 0.4) is 0 Å². The average molecular weight is 300 g/mol. The van der Waals surface area contributed by atoms with Crippen molar-refractivity contribution in [2.45, 2.75) is 52.0 Å². The summed E-state index contributed by atoms with van der Waals surface area (Å²) in [5.74, 6) is 0.218. The Kier molecular flexibility index (Phi) is 4.19. The van der Waals surface area contributed by atoms with E-state index in [1.165, 1.54) is 6.42 Å². The smallest absolute Gasteiger partial charge is 0.254 e. The van der Waals surface area contributed by atoms with Gasteiger partial charge in [0.05, 0.1) is 0 Å². The molecule has 1 saturated heterocycles. The Bertz CT molecular complexity index is 597. The zero-order valence-corrected chi connectivity index (χ0v) is 13.5. The Morgan fingerprint density at radius 3 is 2.77 bits per heavy atom. The molecule has 2 aliphatic heterocycles. The summed E-state index contributed by atoms with van der Waals surface area (Å²) in [5, 5.41) is 0. The zero-order valence-electron chi connectivity index (χ0n) is 13.5. The second kappa shape index (κ2) is 6.11. The minimum Gasteiger partial charge on any atom is -0.336 e. The van der Waals surface area contributed by atoms with Crippen LogP contribution in [0.1, 0.15) is 55.5 Å². The van der Waals surface area contributed by atoms with Crippen LogP contribution in [0.25, 0.3) is 0 Å². The van der Waals surface area contributed by atoms with Crippen molar-refractivity contribution < 1.29 is 9.59 Å². The van der Waals surface area contributed by atoms with Crippen molar-refractivity contribution in [1.82, 2.24) is 4.90 Å². The summed E-state index contributed by atoms with van der Waals surface area (Å²) in [7, 11) is 0. The Morgan fingerprint density at radius 1 is 1.23 bits per heavy atom. The third-order valence-corrected chi connectivity index (χ3v) is 4.96. The van der Waals surface area contributed by atoms with Crippen LogP contribution in [0.5, 0.6) is 0 Å². The SMILES string of the molecule is CCC1CCCCN1C(=O)c1ccc2c(c1)CCN2C(C)=O. The highest BCUT2D eigenvalue weighted by Crippen LogP contribution is 2.30. The molecule has 22 heavy (non-hydrogen) atoms. The molecule has 0 radical (unpaired) electrons. The molecule has 1 unspecified atom stereocenters. The summed E-state index contributed by atoms with van der Waals surface area (Å²) < 4.78 is 0. The third-order valence-electron chi connectivity index (χ3n) is 4.96. The second-order valence-electron chi connectivity index (χ2n) is 6.32. The van der Waals surface area contributed by atoms with Gasteiger partial charge in [-0.05, 0) is 55.9 Å². The number of hydrogen-bond donors (Lipinski definition) is 0. The van der Waals surface area contributed by atoms with E-state index in [-0.39, 0.29) is 11.8 Å². The number of piperidine rings is 1. The van der Waals surface area contributed by atoms with Crippen LogP contribution in [0.2, 0.25) is 0 Å². The van der Waals surface area contributed by atoms with Gasteiger partial charge in [0.1, 0.15) is 0 Å². The molecule has 1 atom stereocenters. The quantitative estimate of drug-likeness (QED) is 0.842. The molecular formula is C18H24N2O2. The van der Waals surface area contributed by atoms with Crippen molar-refractivity contribution in [2.24, 2.45) is 0 Å². The summed E-state index contributed by atoms with van der Waals surface area (Å²) in [4.78, 5) is 28.3. The Morgan fingerprint density at radius 2 is 2.05 bits per heavy atom. The maximum absolute atomic E-state index is 12.8. The van der Waals surface area contributed by atoms with E-state index in [1.807, 2.05) is 23.1 Å². The molecular weight excluding hydrogens is 276 g/mol. The van der Waals surface area contributed by atoms with Gasteiger partial charge in [-0.1, -0.05) is 6.92 Å². The first-order valence-electron chi connectivity index (χ1n) is 8.33. The minimum absolute atomic E-state index is 0.0694. The molecule has 0 bridgehead atoms. The molecule has 118 valence electrons. The summed E-state index contributed by atoms with van der Waals surface area (Å²) in [6.45, 7) is 5.34. The number of likely N-dealkylation sites (tertiary alicyclic amines) is 1. The Hall–Kier alpha value is -1.84. The first-order chi connectivity index (χ1) is 10.6. The molecule has 4 heteroatoms. The van der Waals surface area contributed by atoms with Gasteiger partial charge in [0.2, 0.25) is 5.91 Å². The summed E-state index contributed by atoms with van der Waals surface area (Å²) in [6, 6.07) is 6.18. The maximum Gasteiger partial charge on any atom is 0.254 e. The van der Waals surface area contributed by atoms with Crippen LogP contribution in [0.15, 0.2) is 18.2 Å². The van der Waals surface area contributed by atoms with Crippen molar-refractivity contribution in [1.29, 1.82) is 0 Å². The van der Waals surface area contributed by atoms with Gasteiger partial charge in [0.25, 0.3) is 5.91 Å². The van der Waals surface area contributed by atoms with E-state index in [1.54, 1.807) is 11.8 Å². The zero-order chi connectivity index (χ0) is 15.7. The highest BCUT2D eigenvalue weighted by molar-refractivity contribution is 5.98. The molecule has 1 aromatic carbocycles. The highest BCUT2D eigenvalue weighted by atomic mass is 16.2. The first kappa shape index (κ1) is 15.1. The number of nitrogens with zero attached hydrogens (tertiary/aromatic N) is 2. The molecule has 0 aliphatic carbocycles. The molecule has 4 nitrogen and oxygen atoms in total. The topological polar surface area (TPSA) is 40.6 Å². The molecule has 1 aromatic rings. The lowest BCUT2D eigenvalue weighted by molar-refractivity contribution is -0.116. The summed E-state index contributed by atoms with van der Waals surface area (Å²) in [6.07, 6.45) is 5.30. The standard InChI is InChI=1S/C18H24N2O2/c1-3-16-6-4-5-10-20(16)18(22)15-7-8-17-14(12-15)9-11-19(17)13(2)21/h7-8,12,16H,3-6,9-11H2,1-2H3. The third kappa shape index (κ3) is 2.62. The van der Waals surface area contributed by atoms with Crippen LogP contribution in [0.4, 0.5) is 5.69 Å². The number of carbonyl (C=O) groups is 2. The van der Waals surface area contributed by atoms with Crippen LogP contribution in [-0.4, -0.2) is 35.8 Å². The largest absolute Gasteiger partial charge is 0.336 e. The first-order valence-corrected chi connectivity index (χ1v) is 8.33. The average Bonchev–Trinajstić information content (AvgIpc) is 2.97. The number of anilines is 1. The summed E-state index contributed by atoms with van der Waals surface area (Å²) in [5.41, 5.74) is 2.85. The normalized spacial score (nSPS) is 20.9. The Balaban J connectivity index is 1.84. The molecule has 2 amide bonds. The molecule has 0 spiro atoms. The number of hydrogen-bond acceptors (Lipinski definition) is 2. The van der Waals surface area contributed by atoms with E-state index >= 15 is 0 Å². The van der Waals surface area contributed by atoms with Crippen molar-refractivity contribution >= 4 is 17.5 Å². The van der Waals surface area contributed by atoms with E-state index in [9.17, 15) is 9.59 Å². The van der Waals surface area contributed by atoms with Gasteiger partial charge in [-0.25, -0.2) is 0 Å². The lowest BCUT2D eigenvalue weighted by Crippen LogP contribution is -2.43. The monoisotopic (exact) mass is 300 g/mol. The maximum atomic E-state index is 12.8. The van der Waals surface area contributed by atoms with Crippen molar-refractivity contribution in [3.63, 3.8) is 0 Å². The molecule has 0 aromatic heterocycles. The van der Waals surface area contributed by atoms with Gasteiger partial charge in [0.15, 0.2) is 0 Å². The molecule has 2 aliphatic rings. The van der Waals surface area contributed by atoms with Gasteiger partial charge < -0.3 is 9.80 Å². The Labute approximate surface area is 132 Å². The molecule has 2 heterocycles. The van der Waals surface area contributed by atoms with Crippen molar-refractivity contribution in [3.8, 4) is 0 Å². The van der Waals surface area contributed by atoms with Crippen molar-refractivity contribution in [3.05, 3.63) is 29.3 Å². The number of amides is 2. The number of rotatable bonds is 2. The van der Waals surface area contributed by atoms with Crippen LogP contribution in [0, 0.1) is 0 Å². The van der Waals surface area contributed by atoms with E-state index in [0.29, 0.717) is 6.04 Å². The van der Waals surface area contributed by atoms with Gasteiger partial charge in [-0.2, -0.15) is 0 Å². The predicted molar refractivity (Wildman–Crippen MR) is 87.1 cm³/mol. The van der Waals surface area contributed by atoms with Crippen LogP contribution < -0.4 is 4.90 Å². The lowest BCUT2D eigenvalue weighted by atomic mass is 9.98. The fourth-order valence-corrected chi connectivity index (χ4v) is 3.72. The van der Waals surface area contributed by atoms with Gasteiger partial charge in [-0.15, -0.1) is 0 Å². The van der Waals surface area contributed by atoms with Gasteiger partial charge >= 0.3 is 0 Å². The van der Waals surface area contributed by atoms with E-state index < -0.39 is 0 Å². The molecule has 3 rings (SSSR count). The highest BCUT2D eigenvalue weighted by Gasteiger charge is 2.28. The van der Waals surface area contributed by atoms with Crippen LogP contribution in [-0.2, 0) is 11.2 Å². The molecule has 0 N–H and O–H groups in total. The van der Waals surface area contributed by atoms with Crippen LogP contribution >= 0.6 is 0 Å². The van der Waals surface area contributed by atoms with Gasteiger partial charge in [0, 0.05) is 37.3 Å². The number of carbonyl (C=O) groups excluding carboxylic acids is 2. The molecule has 1 fully saturated rings. The van der Waals surface area contributed by atoms with E-state index in [0.717, 1.165) is 55.6 Å². The number of benzene rings is 1. The van der Waals surface area contributed by atoms with E-state index in [4.69, 9.17) is 0 Å². The minimum atomic E-state index is 0.0694. The fraction of sp³-hybridized carbons (Fsp3) is 0.556.